The van der Waals surface area contributed by atoms with Crippen LogP contribution in [0.25, 0.3) is 0 Å². The molecule has 1 aromatic carbocycles. The first-order chi connectivity index (χ1) is 9.11. The second-order valence-electron chi connectivity index (χ2n) is 5.29. The Bertz CT molecular complexity index is 446. The van der Waals surface area contributed by atoms with Gasteiger partial charge in [-0.3, -0.25) is 4.79 Å². The van der Waals surface area contributed by atoms with E-state index in [1.807, 2.05) is 24.3 Å². The van der Waals surface area contributed by atoms with Crippen molar-refractivity contribution in [3.05, 3.63) is 29.8 Å². The van der Waals surface area contributed by atoms with Gasteiger partial charge in [-0.05, 0) is 30.4 Å². The molecule has 0 aliphatic carbocycles. The number of carbonyl (C=O) groups excluding carboxylic acids is 1. The number of carbonyl (C=O) groups is 1. The van der Waals surface area contributed by atoms with Crippen molar-refractivity contribution in [2.45, 2.75) is 44.8 Å². The molecule has 1 saturated heterocycles. The van der Waals surface area contributed by atoms with Crippen LogP contribution in [0.1, 0.15) is 38.2 Å². The van der Waals surface area contributed by atoms with Gasteiger partial charge in [0.05, 0.1) is 6.10 Å². The van der Waals surface area contributed by atoms with E-state index in [1.165, 1.54) is 0 Å². The standard InChI is InChI=1S/C15H22N2O2/c1-10(2)12-5-3-4-6-13(12)17-15(18)14-8-7-11(9-16)19-14/h3-6,10-11,14H,7-9,16H2,1-2H3,(H,17,18)/t11-,14+/m1/s1. The van der Waals surface area contributed by atoms with Crippen LogP contribution in [0.3, 0.4) is 0 Å². The average molecular weight is 262 g/mol. The molecule has 1 amide bonds. The molecule has 0 unspecified atom stereocenters. The van der Waals surface area contributed by atoms with Crippen LogP contribution >= 0.6 is 0 Å². The highest BCUT2D eigenvalue weighted by Gasteiger charge is 2.30. The average Bonchev–Trinajstić information content (AvgIpc) is 2.88. The predicted octanol–water partition coefficient (Wildman–Crippen LogP) is 2.25. The molecule has 2 atom stereocenters. The van der Waals surface area contributed by atoms with Gasteiger partial charge >= 0.3 is 0 Å². The van der Waals surface area contributed by atoms with Crippen LogP contribution in [0.2, 0.25) is 0 Å². The van der Waals surface area contributed by atoms with E-state index in [-0.39, 0.29) is 18.1 Å². The van der Waals surface area contributed by atoms with Crippen LogP contribution in [-0.4, -0.2) is 24.7 Å². The van der Waals surface area contributed by atoms with E-state index in [0.717, 1.165) is 24.1 Å². The van der Waals surface area contributed by atoms with Gasteiger partial charge in [0.2, 0.25) is 0 Å². The first kappa shape index (κ1) is 14.0. The number of amides is 1. The van der Waals surface area contributed by atoms with Gasteiger partial charge in [-0.2, -0.15) is 0 Å². The molecule has 1 heterocycles. The van der Waals surface area contributed by atoms with Crippen molar-refractivity contribution < 1.29 is 9.53 Å². The minimum atomic E-state index is -0.367. The third kappa shape index (κ3) is 3.33. The third-order valence-electron chi connectivity index (χ3n) is 3.50. The summed E-state index contributed by atoms with van der Waals surface area (Å²) in [5.74, 6) is 0.307. The maximum atomic E-state index is 12.2. The predicted molar refractivity (Wildman–Crippen MR) is 76.1 cm³/mol. The highest BCUT2D eigenvalue weighted by Crippen LogP contribution is 2.25. The van der Waals surface area contributed by atoms with E-state index in [4.69, 9.17) is 10.5 Å². The van der Waals surface area contributed by atoms with E-state index in [1.54, 1.807) is 0 Å². The molecule has 3 N–H and O–H groups in total. The summed E-state index contributed by atoms with van der Waals surface area (Å²) in [6.07, 6.45) is 1.27. The van der Waals surface area contributed by atoms with Crippen LogP contribution < -0.4 is 11.1 Å². The number of para-hydroxylation sites is 1. The number of benzene rings is 1. The number of ether oxygens (including phenoxy) is 1. The van der Waals surface area contributed by atoms with E-state index < -0.39 is 0 Å². The Balaban J connectivity index is 2.03. The molecule has 1 fully saturated rings. The smallest absolute Gasteiger partial charge is 0.253 e. The van der Waals surface area contributed by atoms with Gasteiger partial charge in [-0.15, -0.1) is 0 Å². The number of anilines is 1. The number of nitrogens with one attached hydrogen (secondary N) is 1. The molecule has 1 aliphatic rings. The zero-order valence-electron chi connectivity index (χ0n) is 11.6. The highest BCUT2D eigenvalue weighted by atomic mass is 16.5. The summed E-state index contributed by atoms with van der Waals surface area (Å²) in [4.78, 5) is 12.2. The second-order valence-corrected chi connectivity index (χ2v) is 5.29. The van der Waals surface area contributed by atoms with Crippen molar-refractivity contribution in [3.8, 4) is 0 Å². The van der Waals surface area contributed by atoms with Gasteiger partial charge in [0.1, 0.15) is 6.10 Å². The minimum Gasteiger partial charge on any atom is -0.364 e. The number of hydrogen-bond donors (Lipinski definition) is 2. The van der Waals surface area contributed by atoms with Crippen molar-refractivity contribution in [1.29, 1.82) is 0 Å². The van der Waals surface area contributed by atoms with E-state index in [0.29, 0.717) is 12.5 Å². The molecule has 0 saturated carbocycles. The summed E-state index contributed by atoms with van der Waals surface area (Å²) in [6.45, 7) is 4.70. The van der Waals surface area contributed by atoms with Gasteiger partial charge in [0.15, 0.2) is 0 Å². The highest BCUT2D eigenvalue weighted by molar-refractivity contribution is 5.95. The summed E-state index contributed by atoms with van der Waals surface area (Å²) in [5.41, 5.74) is 7.58. The fourth-order valence-corrected chi connectivity index (χ4v) is 2.40. The number of rotatable bonds is 4. The summed E-state index contributed by atoms with van der Waals surface area (Å²) < 4.78 is 5.61. The summed E-state index contributed by atoms with van der Waals surface area (Å²) >= 11 is 0. The van der Waals surface area contributed by atoms with Crippen molar-refractivity contribution >= 4 is 11.6 Å². The molecule has 0 aromatic heterocycles. The van der Waals surface area contributed by atoms with Crippen LogP contribution in [-0.2, 0) is 9.53 Å². The Morgan fingerprint density at radius 3 is 2.79 bits per heavy atom. The van der Waals surface area contributed by atoms with Crippen LogP contribution in [0, 0.1) is 0 Å². The molecular formula is C15H22N2O2. The lowest BCUT2D eigenvalue weighted by atomic mass is 10.0. The van der Waals surface area contributed by atoms with Crippen LogP contribution in [0.4, 0.5) is 5.69 Å². The Labute approximate surface area is 114 Å². The maximum absolute atomic E-state index is 12.2. The second kappa shape index (κ2) is 6.17. The van der Waals surface area contributed by atoms with Crippen molar-refractivity contribution in [1.82, 2.24) is 0 Å². The fourth-order valence-electron chi connectivity index (χ4n) is 2.40. The van der Waals surface area contributed by atoms with Gasteiger partial charge in [-0.1, -0.05) is 32.0 Å². The third-order valence-corrected chi connectivity index (χ3v) is 3.50. The molecule has 0 radical (unpaired) electrons. The molecule has 1 aliphatic heterocycles. The van der Waals surface area contributed by atoms with Crippen molar-refractivity contribution in [3.63, 3.8) is 0 Å². The Hall–Kier alpha value is -1.39. The van der Waals surface area contributed by atoms with Crippen LogP contribution in [0.5, 0.6) is 0 Å². The van der Waals surface area contributed by atoms with Gasteiger partial charge in [0.25, 0.3) is 5.91 Å². The van der Waals surface area contributed by atoms with Gasteiger partial charge in [-0.25, -0.2) is 0 Å². The van der Waals surface area contributed by atoms with Crippen LogP contribution in [0.15, 0.2) is 24.3 Å². The van der Waals surface area contributed by atoms with E-state index in [9.17, 15) is 4.79 Å². The normalized spacial score (nSPS) is 22.7. The maximum Gasteiger partial charge on any atom is 0.253 e. The number of hydrogen-bond acceptors (Lipinski definition) is 3. The summed E-state index contributed by atoms with van der Waals surface area (Å²) in [7, 11) is 0. The molecule has 0 spiro atoms. The van der Waals surface area contributed by atoms with Gasteiger partial charge in [0, 0.05) is 12.2 Å². The molecule has 104 valence electrons. The molecule has 2 rings (SSSR count). The largest absolute Gasteiger partial charge is 0.364 e. The monoisotopic (exact) mass is 262 g/mol. The molecule has 4 heteroatoms. The van der Waals surface area contributed by atoms with E-state index >= 15 is 0 Å². The molecule has 0 bridgehead atoms. The summed E-state index contributed by atoms with van der Waals surface area (Å²) in [6, 6.07) is 7.89. The SMILES string of the molecule is CC(C)c1ccccc1NC(=O)[C@@H]1CC[C@H](CN)O1. The summed E-state index contributed by atoms with van der Waals surface area (Å²) in [5, 5.41) is 2.97. The van der Waals surface area contributed by atoms with Gasteiger partial charge < -0.3 is 15.8 Å². The quantitative estimate of drug-likeness (QED) is 0.874. The lowest BCUT2D eigenvalue weighted by molar-refractivity contribution is -0.126. The molecular weight excluding hydrogens is 240 g/mol. The first-order valence-corrected chi connectivity index (χ1v) is 6.87. The van der Waals surface area contributed by atoms with Crippen molar-refractivity contribution in [2.24, 2.45) is 5.73 Å². The fraction of sp³-hybridized carbons (Fsp3) is 0.533. The lowest BCUT2D eigenvalue weighted by Crippen LogP contribution is -2.30. The Kier molecular flexibility index (Phi) is 4.56. The van der Waals surface area contributed by atoms with E-state index in [2.05, 4.69) is 19.2 Å². The Morgan fingerprint density at radius 1 is 1.42 bits per heavy atom. The Morgan fingerprint density at radius 2 is 2.16 bits per heavy atom. The zero-order chi connectivity index (χ0) is 13.8. The molecule has 4 nitrogen and oxygen atoms in total. The molecule has 1 aromatic rings. The van der Waals surface area contributed by atoms with Crippen molar-refractivity contribution in [2.75, 3.05) is 11.9 Å². The molecule has 19 heavy (non-hydrogen) atoms. The topological polar surface area (TPSA) is 64.4 Å². The first-order valence-electron chi connectivity index (χ1n) is 6.87. The zero-order valence-corrected chi connectivity index (χ0v) is 11.6. The lowest BCUT2D eigenvalue weighted by Gasteiger charge is -2.16. The number of nitrogens with two attached hydrogens (primary N) is 1. The minimum absolute atomic E-state index is 0.0242.